The number of hydrogen-bond donors (Lipinski definition) is 1. The third-order valence-electron chi connectivity index (χ3n) is 3.76. The second-order valence-corrected chi connectivity index (χ2v) is 6.23. The minimum atomic E-state index is -0.308. The van der Waals surface area contributed by atoms with Crippen LogP contribution in [0, 0.1) is 11.3 Å². The van der Waals surface area contributed by atoms with Gasteiger partial charge in [-0.1, -0.05) is 29.8 Å². The van der Waals surface area contributed by atoms with E-state index in [1.165, 1.54) is 12.0 Å². The molecule has 2 aromatic rings. The zero-order valence-corrected chi connectivity index (χ0v) is 15.8. The summed E-state index contributed by atoms with van der Waals surface area (Å²) in [7, 11) is 1.50. The van der Waals surface area contributed by atoms with Gasteiger partial charge in [0.15, 0.2) is 23.2 Å². The number of carbonyl (C=O) groups is 1. The van der Waals surface area contributed by atoms with Gasteiger partial charge >= 0.3 is 0 Å². The third kappa shape index (κ3) is 3.87. The number of benzene rings is 2. The Morgan fingerprint density at radius 3 is 2.78 bits per heavy atom. The van der Waals surface area contributed by atoms with Crippen LogP contribution in [0.3, 0.4) is 0 Å². The molecule has 1 N–H and O–H groups in total. The molecule has 1 amide bonds. The number of nitrogens with one attached hydrogen (secondary N) is 1. The highest BCUT2D eigenvalue weighted by molar-refractivity contribution is 7.80. The highest BCUT2D eigenvalue weighted by Crippen LogP contribution is 2.31. The lowest BCUT2D eigenvalue weighted by Crippen LogP contribution is -2.30. The largest absolute Gasteiger partial charge is 0.493 e. The minimum absolute atomic E-state index is 0.0854. The number of halogens is 1. The maximum absolute atomic E-state index is 12.8. The Hall–Kier alpha value is -3.08. The molecule has 1 saturated heterocycles. The van der Waals surface area contributed by atoms with Crippen LogP contribution in [-0.4, -0.2) is 24.7 Å². The zero-order chi connectivity index (χ0) is 19.4. The summed E-state index contributed by atoms with van der Waals surface area (Å²) in [4.78, 5) is 14.1. The molecule has 1 heterocycles. The molecule has 6 nitrogen and oxygen atoms in total. The Morgan fingerprint density at radius 2 is 2.07 bits per heavy atom. The van der Waals surface area contributed by atoms with Crippen molar-refractivity contribution in [1.82, 2.24) is 5.32 Å². The van der Waals surface area contributed by atoms with E-state index < -0.39 is 0 Å². The van der Waals surface area contributed by atoms with Crippen LogP contribution >= 0.6 is 23.8 Å². The van der Waals surface area contributed by atoms with Gasteiger partial charge in [-0.05, 0) is 48.1 Å². The van der Waals surface area contributed by atoms with E-state index in [0.29, 0.717) is 33.5 Å². The molecular formula is C19H14ClN3O3S. The van der Waals surface area contributed by atoms with Crippen molar-refractivity contribution in [2.24, 2.45) is 0 Å². The Labute approximate surface area is 166 Å². The number of hydrogen-bond acceptors (Lipinski definition) is 5. The lowest BCUT2D eigenvalue weighted by Gasteiger charge is -2.15. The topological polar surface area (TPSA) is 74.6 Å². The lowest BCUT2D eigenvalue weighted by atomic mass is 10.1. The van der Waals surface area contributed by atoms with Gasteiger partial charge in [0.2, 0.25) is 0 Å². The molecule has 27 heavy (non-hydrogen) atoms. The predicted octanol–water partition coefficient (Wildman–Crippen LogP) is 3.51. The smallest absolute Gasteiger partial charge is 0.281 e. The number of rotatable bonds is 5. The first-order chi connectivity index (χ1) is 13.0. The number of anilines is 1. The average molecular weight is 400 g/mol. The first-order valence-electron chi connectivity index (χ1n) is 7.84. The van der Waals surface area contributed by atoms with Crippen LogP contribution in [0.25, 0.3) is 6.08 Å². The number of carbonyl (C=O) groups excluding carboxylic acids is 1. The van der Waals surface area contributed by atoms with Crippen molar-refractivity contribution >= 4 is 46.6 Å². The SMILES string of the molecule is COc1cc(/C=C2\NC(=S)N(c3ccccc3Cl)C2=O)ccc1OCC#N. The van der Waals surface area contributed by atoms with Gasteiger partial charge in [0.1, 0.15) is 11.8 Å². The number of ether oxygens (including phenoxy) is 2. The first kappa shape index (κ1) is 18.7. The van der Waals surface area contributed by atoms with E-state index in [9.17, 15) is 4.79 Å². The van der Waals surface area contributed by atoms with Crippen molar-refractivity contribution in [2.75, 3.05) is 18.6 Å². The number of nitriles is 1. The van der Waals surface area contributed by atoms with Crippen molar-refractivity contribution in [3.05, 3.63) is 58.7 Å². The molecule has 0 aromatic heterocycles. The standard InChI is InChI=1S/C19H14ClN3O3S/c1-25-17-11-12(6-7-16(17)26-9-8-21)10-14-18(24)23(19(27)22-14)15-5-3-2-4-13(15)20/h2-7,10-11H,9H2,1H3,(H,22,27)/b14-10-. The summed E-state index contributed by atoms with van der Waals surface area (Å²) in [5, 5.41) is 12.2. The molecule has 8 heteroatoms. The van der Waals surface area contributed by atoms with Gasteiger partial charge < -0.3 is 14.8 Å². The van der Waals surface area contributed by atoms with Crippen LogP contribution < -0.4 is 19.7 Å². The van der Waals surface area contributed by atoms with Gasteiger partial charge in [0.05, 0.1) is 17.8 Å². The molecule has 136 valence electrons. The van der Waals surface area contributed by atoms with Crippen LogP contribution in [-0.2, 0) is 4.79 Å². The molecule has 0 aliphatic carbocycles. The van der Waals surface area contributed by atoms with Crippen molar-refractivity contribution in [1.29, 1.82) is 5.26 Å². The molecule has 0 radical (unpaired) electrons. The Kier molecular flexibility index (Phi) is 5.60. The quantitative estimate of drug-likeness (QED) is 0.612. The van der Waals surface area contributed by atoms with Gasteiger partial charge in [-0.2, -0.15) is 5.26 Å². The van der Waals surface area contributed by atoms with E-state index in [-0.39, 0.29) is 17.6 Å². The van der Waals surface area contributed by atoms with Gasteiger partial charge in [-0.25, -0.2) is 0 Å². The van der Waals surface area contributed by atoms with Crippen LogP contribution in [0.2, 0.25) is 5.02 Å². The maximum atomic E-state index is 12.8. The van der Waals surface area contributed by atoms with E-state index in [1.807, 2.05) is 6.07 Å². The fraction of sp³-hybridized carbons (Fsp3) is 0.105. The minimum Gasteiger partial charge on any atom is -0.493 e. The van der Waals surface area contributed by atoms with Crippen molar-refractivity contribution in [3.8, 4) is 17.6 Å². The molecule has 1 fully saturated rings. The summed E-state index contributed by atoms with van der Waals surface area (Å²) < 4.78 is 10.6. The fourth-order valence-corrected chi connectivity index (χ4v) is 3.07. The van der Waals surface area contributed by atoms with E-state index >= 15 is 0 Å². The molecule has 1 aliphatic rings. The van der Waals surface area contributed by atoms with E-state index in [1.54, 1.807) is 48.5 Å². The van der Waals surface area contributed by atoms with Gasteiger partial charge in [0, 0.05) is 0 Å². The Balaban J connectivity index is 1.90. The predicted molar refractivity (Wildman–Crippen MR) is 107 cm³/mol. The summed E-state index contributed by atoms with van der Waals surface area (Å²) in [6.45, 7) is -0.0854. The number of nitrogens with zero attached hydrogens (tertiary/aromatic N) is 2. The summed E-state index contributed by atoms with van der Waals surface area (Å²) in [6.07, 6.45) is 1.65. The van der Waals surface area contributed by atoms with Crippen LogP contribution in [0.1, 0.15) is 5.56 Å². The number of thiocarbonyl (C=S) groups is 1. The van der Waals surface area contributed by atoms with Gasteiger partial charge in [-0.3, -0.25) is 9.69 Å². The monoisotopic (exact) mass is 399 g/mol. The molecule has 0 unspecified atom stereocenters. The van der Waals surface area contributed by atoms with Crippen LogP contribution in [0.4, 0.5) is 5.69 Å². The van der Waals surface area contributed by atoms with Crippen LogP contribution in [0.5, 0.6) is 11.5 Å². The third-order valence-corrected chi connectivity index (χ3v) is 4.37. The molecular weight excluding hydrogens is 386 g/mol. The fourth-order valence-electron chi connectivity index (χ4n) is 2.56. The summed E-state index contributed by atoms with van der Waals surface area (Å²) in [6, 6.07) is 14.0. The lowest BCUT2D eigenvalue weighted by molar-refractivity contribution is -0.113. The zero-order valence-electron chi connectivity index (χ0n) is 14.2. The van der Waals surface area contributed by atoms with Crippen molar-refractivity contribution in [2.45, 2.75) is 0 Å². The second-order valence-electron chi connectivity index (χ2n) is 5.44. The molecule has 0 saturated carbocycles. The maximum Gasteiger partial charge on any atom is 0.281 e. The molecule has 1 aliphatic heterocycles. The summed E-state index contributed by atoms with van der Waals surface area (Å²) in [5.74, 6) is 0.590. The highest BCUT2D eigenvalue weighted by atomic mass is 35.5. The first-order valence-corrected chi connectivity index (χ1v) is 8.63. The number of para-hydroxylation sites is 1. The Morgan fingerprint density at radius 1 is 1.30 bits per heavy atom. The molecule has 0 bridgehead atoms. The van der Waals surface area contributed by atoms with E-state index in [4.69, 9.17) is 38.6 Å². The normalized spacial score (nSPS) is 14.9. The van der Waals surface area contributed by atoms with Gasteiger partial charge in [0.25, 0.3) is 5.91 Å². The molecule has 0 spiro atoms. The van der Waals surface area contributed by atoms with Gasteiger partial charge in [-0.15, -0.1) is 0 Å². The average Bonchev–Trinajstić information content (AvgIpc) is 2.94. The number of methoxy groups -OCH3 is 1. The Bertz CT molecular complexity index is 984. The molecule has 0 atom stereocenters. The van der Waals surface area contributed by atoms with Crippen molar-refractivity contribution in [3.63, 3.8) is 0 Å². The van der Waals surface area contributed by atoms with E-state index in [2.05, 4.69) is 5.32 Å². The van der Waals surface area contributed by atoms with Crippen LogP contribution in [0.15, 0.2) is 48.2 Å². The molecule has 3 rings (SSSR count). The summed E-state index contributed by atoms with van der Waals surface area (Å²) in [5.41, 5.74) is 1.53. The highest BCUT2D eigenvalue weighted by Gasteiger charge is 2.33. The van der Waals surface area contributed by atoms with E-state index in [0.717, 1.165) is 0 Å². The second kappa shape index (κ2) is 8.08. The summed E-state index contributed by atoms with van der Waals surface area (Å²) >= 11 is 11.5. The molecule has 2 aromatic carbocycles. The number of amides is 1. The van der Waals surface area contributed by atoms with Crippen molar-refractivity contribution < 1.29 is 14.3 Å².